The van der Waals surface area contributed by atoms with Gasteiger partial charge in [-0.3, -0.25) is 0 Å². The molecule has 5 heterocycles. The van der Waals surface area contributed by atoms with Crippen molar-refractivity contribution in [3.8, 4) is 0 Å². The zero-order chi connectivity index (χ0) is 11.3. The molecule has 2 bridgehead atoms. The molecule has 0 amide bonds. The summed E-state index contributed by atoms with van der Waals surface area (Å²) in [6, 6.07) is 0. The number of anilines is 1. The Bertz CT molecular complexity index is 402. The number of rotatable bonds is 1. The minimum absolute atomic E-state index is 0.0994. The maximum atomic E-state index is 6.20. The normalized spacial score (nSPS) is 40.4. The van der Waals surface area contributed by atoms with Crippen LogP contribution in [0.3, 0.4) is 0 Å². The van der Waals surface area contributed by atoms with Crippen molar-refractivity contribution in [2.24, 2.45) is 5.92 Å². The summed E-state index contributed by atoms with van der Waals surface area (Å²) in [6.07, 6.45) is 4.50. The second kappa shape index (κ2) is 3.67. The molecule has 5 rings (SSSR count). The Morgan fingerprint density at radius 3 is 2.88 bits per heavy atom. The van der Waals surface area contributed by atoms with Crippen LogP contribution in [0.15, 0.2) is 11.6 Å². The molecular formula is C12H17N3OS. The Hall–Kier alpha value is -0.650. The lowest BCUT2D eigenvalue weighted by Gasteiger charge is -2.50. The van der Waals surface area contributed by atoms with Crippen molar-refractivity contribution < 1.29 is 4.74 Å². The largest absolute Gasteiger partial charge is 0.351 e. The summed E-state index contributed by atoms with van der Waals surface area (Å²) >= 11 is 1.71. The third-order valence-electron chi connectivity index (χ3n) is 4.48. The van der Waals surface area contributed by atoms with E-state index < -0.39 is 0 Å². The zero-order valence-corrected chi connectivity index (χ0v) is 10.7. The molecule has 0 N–H and O–H groups in total. The molecule has 5 heteroatoms. The molecule has 0 saturated carbocycles. The molecule has 92 valence electrons. The van der Waals surface area contributed by atoms with Gasteiger partial charge in [0.1, 0.15) is 12.3 Å². The van der Waals surface area contributed by atoms with Crippen molar-refractivity contribution in [3.63, 3.8) is 0 Å². The Kier molecular flexibility index (Phi) is 2.22. The van der Waals surface area contributed by atoms with Crippen LogP contribution < -0.4 is 4.90 Å². The Balaban J connectivity index is 1.57. The summed E-state index contributed by atoms with van der Waals surface area (Å²) in [5, 5.41) is 3.15. The molecule has 1 aromatic heterocycles. The minimum atomic E-state index is 0.0994. The molecule has 17 heavy (non-hydrogen) atoms. The highest BCUT2D eigenvalue weighted by molar-refractivity contribution is 7.13. The van der Waals surface area contributed by atoms with Gasteiger partial charge in [0, 0.05) is 18.1 Å². The highest BCUT2D eigenvalue weighted by Crippen LogP contribution is 2.42. The summed E-state index contributed by atoms with van der Waals surface area (Å²) in [6.45, 7) is 5.42. The fraction of sp³-hybridized carbons (Fsp3) is 0.750. The fourth-order valence-electron chi connectivity index (χ4n) is 3.58. The summed E-state index contributed by atoms with van der Waals surface area (Å²) in [5.74, 6) is 0.762. The average molecular weight is 251 g/mol. The van der Waals surface area contributed by atoms with E-state index in [1.54, 1.807) is 11.3 Å². The molecule has 1 aromatic rings. The second-order valence-corrected chi connectivity index (χ2v) is 6.27. The lowest BCUT2D eigenvalue weighted by Crippen LogP contribution is -2.61. The lowest BCUT2D eigenvalue weighted by atomic mass is 9.75. The van der Waals surface area contributed by atoms with E-state index in [0.717, 1.165) is 30.9 Å². The Labute approximate surface area is 105 Å². The molecule has 4 aliphatic rings. The maximum Gasteiger partial charge on any atom is 0.187 e. The molecule has 4 fully saturated rings. The number of nitrogens with zero attached hydrogens (tertiary/aromatic N) is 3. The second-order valence-electron chi connectivity index (χ2n) is 5.40. The Morgan fingerprint density at radius 1 is 1.35 bits per heavy atom. The number of hydrogen-bond acceptors (Lipinski definition) is 5. The maximum absolute atomic E-state index is 6.20. The van der Waals surface area contributed by atoms with Crippen molar-refractivity contribution in [2.45, 2.75) is 18.4 Å². The smallest absolute Gasteiger partial charge is 0.187 e. The highest BCUT2D eigenvalue weighted by atomic mass is 32.1. The molecule has 0 radical (unpaired) electrons. The van der Waals surface area contributed by atoms with Crippen molar-refractivity contribution in [2.75, 3.05) is 37.8 Å². The predicted molar refractivity (Wildman–Crippen MR) is 67.3 cm³/mol. The van der Waals surface area contributed by atoms with Crippen LogP contribution in [0.5, 0.6) is 0 Å². The van der Waals surface area contributed by atoms with Crippen LogP contribution >= 0.6 is 11.3 Å². The number of piperidine rings is 3. The molecule has 1 unspecified atom stereocenters. The first-order chi connectivity index (χ1) is 8.36. The first-order valence-corrected chi connectivity index (χ1v) is 7.24. The van der Waals surface area contributed by atoms with Gasteiger partial charge in [-0.05, 0) is 31.8 Å². The minimum Gasteiger partial charge on any atom is -0.351 e. The zero-order valence-electron chi connectivity index (χ0n) is 9.84. The van der Waals surface area contributed by atoms with Gasteiger partial charge in [0.05, 0.1) is 6.54 Å². The van der Waals surface area contributed by atoms with Gasteiger partial charge >= 0.3 is 0 Å². The standard InChI is InChI=1S/C12H17N3OS/c1-4-14-5-2-10(1)12(7-14)8-15(9-16-12)11-13-3-6-17-11/h3,6,10H,1-2,4-5,7-9H2. The van der Waals surface area contributed by atoms with Crippen LogP contribution in [0.2, 0.25) is 0 Å². The van der Waals surface area contributed by atoms with Crippen molar-refractivity contribution in [1.29, 1.82) is 0 Å². The van der Waals surface area contributed by atoms with Gasteiger partial charge in [-0.25, -0.2) is 4.98 Å². The number of thiazole rings is 1. The van der Waals surface area contributed by atoms with Crippen LogP contribution in [0.25, 0.3) is 0 Å². The summed E-state index contributed by atoms with van der Waals surface area (Å²) < 4.78 is 6.20. The van der Waals surface area contributed by atoms with Gasteiger partial charge in [0.15, 0.2) is 5.13 Å². The van der Waals surface area contributed by atoms with E-state index in [1.807, 2.05) is 11.6 Å². The average Bonchev–Trinajstić information content (AvgIpc) is 3.00. The van der Waals surface area contributed by atoms with E-state index in [-0.39, 0.29) is 5.60 Å². The first-order valence-electron chi connectivity index (χ1n) is 6.36. The van der Waals surface area contributed by atoms with Gasteiger partial charge in [0.25, 0.3) is 0 Å². The van der Waals surface area contributed by atoms with Crippen LogP contribution in [0, 0.1) is 5.92 Å². The van der Waals surface area contributed by atoms with E-state index >= 15 is 0 Å². The van der Waals surface area contributed by atoms with Crippen molar-refractivity contribution in [1.82, 2.24) is 9.88 Å². The molecule has 4 saturated heterocycles. The van der Waals surface area contributed by atoms with Gasteiger partial charge in [-0.2, -0.15) is 0 Å². The van der Waals surface area contributed by atoms with Gasteiger partial charge in [-0.15, -0.1) is 11.3 Å². The van der Waals surface area contributed by atoms with Gasteiger partial charge in [0.2, 0.25) is 0 Å². The van der Waals surface area contributed by atoms with Crippen LogP contribution in [-0.4, -0.2) is 48.4 Å². The number of fused-ring (bicyclic) bond motifs is 2. The van der Waals surface area contributed by atoms with E-state index in [0.29, 0.717) is 0 Å². The lowest BCUT2D eigenvalue weighted by molar-refractivity contribution is -0.116. The number of hydrogen-bond donors (Lipinski definition) is 0. The van der Waals surface area contributed by atoms with E-state index in [4.69, 9.17) is 4.74 Å². The topological polar surface area (TPSA) is 28.6 Å². The van der Waals surface area contributed by atoms with E-state index in [2.05, 4.69) is 14.8 Å². The summed E-state index contributed by atoms with van der Waals surface area (Å²) in [5.41, 5.74) is 0.0994. The number of ether oxygens (including phenoxy) is 1. The quantitative estimate of drug-likeness (QED) is 0.754. The van der Waals surface area contributed by atoms with E-state index in [1.165, 1.54) is 25.9 Å². The molecule has 1 atom stereocenters. The highest BCUT2D eigenvalue weighted by Gasteiger charge is 2.51. The molecule has 4 aliphatic heterocycles. The third kappa shape index (κ3) is 1.53. The molecule has 1 spiro atoms. The van der Waals surface area contributed by atoms with E-state index in [9.17, 15) is 0 Å². The summed E-state index contributed by atoms with van der Waals surface area (Å²) in [4.78, 5) is 9.25. The predicted octanol–water partition coefficient (Wildman–Crippen LogP) is 1.40. The fourth-order valence-corrected chi connectivity index (χ4v) is 4.21. The SMILES string of the molecule is c1csc(N2COC3(CN4CCC3CC4)C2)n1. The van der Waals surface area contributed by atoms with Crippen LogP contribution in [-0.2, 0) is 4.74 Å². The monoisotopic (exact) mass is 251 g/mol. The van der Waals surface area contributed by atoms with Crippen molar-refractivity contribution in [3.05, 3.63) is 11.6 Å². The van der Waals surface area contributed by atoms with Crippen LogP contribution in [0.4, 0.5) is 5.13 Å². The molecule has 0 aromatic carbocycles. The third-order valence-corrected chi connectivity index (χ3v) is 5.31. The summed E-state index contributed by atoms with van der Waals surface area (Å²) in [7, 11) is 0. The van der Waals surface area contributed by atoms with Gasteiger partial charge in [-0.1, -0.05) is 0 Å². The van der Waals surface area contributed by atoms with Crippen LogP contribution in [0.1, 0.15) is 12.8 Å². The number of aromatic nitrogens is 1. The Morgan fingerprint density at radius 2 is 2.24 bits per heavy atom. The van der Waals surface area contributed by atoms with Gasteiger partial charge < -0.3 is 14.5 Å². The first kappa shape index (κ1) is 10.3. The molecule has 0 aliphatic carbocycles. The molecule has 4 nitrogen and oxygen atoms in total. The van der Waals surface area contributed by atoms with Crippen molar-refractivity contribution >= 4 is 16.5 Å². The molecular weight excluding hydrogens is 234 g/mol.